The van der Waals surface area contributed by atoms with Crippen LogP contribution in [0.2, 0.25) is 0 Å². The molecule has 0 fully saturated rings. The van der Waals surface area contributed by atoms with E-state index in [2.05, 4.69) is 51.4 Å². The molecular formula is C14H25NOS. The van der Waals surface area contributed by atoms with Gasteiger partial charge in [-0.3, -0.25) is 0 Å². The van der Waals surface area contributed by atoms with Gasteiger partial charge < -0.3 is 10.1 Å². The van der Waals surface area contributed by atoms with E-state index in [1.54, 1.807) is 11.3 Å². The minimum Gasteiger partial charge on any atom is -0.376 e. The van der Waals surface area contributed by atoms with Gasteiger partial charge in [-0.15, -0.1) is 11.3 Å². The fourth-order valence-electron chi connectivity index (χ4n) is 2.21. The van der Waals surface area contributed by atoms with E-state index in [0.29, 0.717) is 0 Å². The molecule has 2 unspecified atom stereocenters. The highest BCUT2D eigenvalue weighted by molar-refractivity contribution is 7.10. The van der Waals surface area contributed by atoms with Gasteiger partial charge in [0, 0.05) is 11.5 Å². The summed E-state index contributed by atoms with van der Waals surface area (Å²) < 4.78 is 5.98. The third kappa shape index (κ3) is 3.54. The fraction of sp³-hybridized carbons (Fsp3) is 0.714. The second kappa shape index (κ2) is 5.98. The third-order valence-corrected chi connectivity index (χ3v) is 3.91. The Morgan fingerprint density at radius 3 is 2.41 bits per heavy atom. The van der Waals surface area contributed by atoms with E-state index in [1.807, 2.05) is 7.05 Å². The summed E-state index contributed by atoms with van der Waals surface area (Å²) in [7, 11) is 2.01. The first-order valence-corrected chi connectivity index (χ1v) is 7.12. The maximum atomic E-state index is 5.98. The van der Waals surface area contributed by atoms with Gasteiger partial charge in [0.05, 0.1) is 12.1 Å². The van der Waals surface area contributed by atoms with Gasteiger partial charge in [-0.1, -0.05) is 20.8 Å². The topological polar surface area (TPSA) is 21.3 Å². The number of thiophene rings is 1. The first-order chi connectivity index (χ1) is 7.91. The van der Waals surface area contributed by atoms with Crippen molar-refractivity contribution in [2.75, 3.05) is 13.7 Å². The molecule has 0 spiro atoms. The molecule has 1 aromatic heterocycles. The Morgan fingerprint density at radius 1 is 1.41 bits per heavy atom. The number of aryl methyl sites for hydroxylation is 1. The predicted octanol–water partition coefficient (Wildman–Crippen LogP) is 3.77. The zero-order valence-electron chi connectivity index (χ0n) is 11.8. The summed E-state index contributed by atoms with van der Waals surface area (Å²) in [6.45, 7) is 11.7. The van der Waals surface area contributed by atoms with Crippen LogP contribution in [0.4, 0.5) is 0 Å². The summed E-state index contributed by atoms with van der Waals surface area (Å²) in [5.41, 5.74) is 1.49. The van der Waals surface area contributed by atoms with Crippen LogP contribution in [0.5, 0.6) is 0 Å². The second-order valence-corrected chi connectivity index (χ2v) is 6.56. The van der Waals surface area contributed by atoms with Crippen molar-refractivity contribution in [3.8, 4) is 0 Å². The molecule has 1 N–H and O–H groups in total. The summed E-state index contributed by atoms with van der Waals surface area (Å²) in [6, 6.07) is 2.47. The van der Waals surface area contributed by atoms with E-state index in [0.717, 1.165) is 6.61 Å². The minimum absolute atomic E-state index is 0.123. The number of hydrogen-bond donors (Lipinski definition) is 1. The van der Waals surface area contributed by atoms with E-state index >= 15 is 0 Å². The molecule has 0 bridgehead atoms. The average Bonchev–Trinajstić information content (AvgIpc) is 2.63. The van der Waals surface area contributed by atoms with Crippen molar-refractivity contribution in [3.63, 3.8) is 0 Å². The van der Waals surface area contributed by atoms with Crippen LogP contribution in [0.3, 0.4) is 0 Å². The molecule has 0 saturated heterocycles. The highest BCUT2D eigenvalue weighted by Gasteiger charge is 2.33. The van der Waals surface area contributed by atoms with Gasteiger partial charge in [0.15, 0.2) is 0 Å². The molecule has 1 aromatic rings. The summed E-state index contributed by atoms with van der Waals surface area (Å²) >= 11 is 1.80. The molecule has 2 nitrogen and oxygen atoms in total. The Morgan fingerprint density at radius 2 is 2.06 bits per heavy atom. The van der Waals surface area contributed by atoms with Crippen LogP contribution >= 0.6 is 11.3 Å². The van der Waals surface area contributed by atoms with Gasteiger partial charge in [0.25, 0.3) is 0 Å². The highest BCUT2D eigenvalue weighted by atomic mass is 32.1. The lowest BCUT2D eigenvalue weighted by Crippen LogP contribution is -2.41. The van der Waals surface area contributed by atoms with Gasteiger partial charge in [-0.25, -0.2) is 0 Å². The molecule has 0 aliphatic carbocycles. The van der Waals surface area contributed by atoms with Crippen molar-refractivity contribution >= 4 is 11.3 Å². The number of ether oxygens (including phenoxy) is 1. The molecule has 0 aliphatic heterocycles. The van der Waals surface area contributed by atoms with E-state index in [-0.39, 0.29) is 17.6 Å². The molecule has 0 aliphatic rings. The van der Waals surface area contributed by atoms with E-state index in [4.69, 9.17) is 4.74 Å². The van der Waals surface area contributed by atoms with Crippen LogP contribution in [0.1, 0.15) is 44.2 Å². The lowest BCUT2D eigenvalue weighted by atomic mass is 9.82. The van der Waals surface area contributed by atoms with Crippen molar-refractivity contribution in [3.05, 3.63) is 21.9 Å². The first-order valence-electron chi connectivity index (χ1n) is 6.24. The monoisotopic (exact) mass is 255 g/mol. The standard InChI is InChI=1S/C14H25NOS/c1-7-16-13(14(3,4)5)12(15-6)11-8-9-17-10(11)2/h8-9,12-13,15H,7H2,1-6H3. The van der Waals surface area contributed by atoms with Crippen LogP contribution in [0, 0.1) is 12.3 Å². The summed E-state index contributed by atoms with van der Waals surface area (Å²) in [5.74, 6) is 0. The van der Waals surface area contributed by atoms with Crippen molar-refractivity contribution in [1.82, 2.24) is 5.32 Å². The Kier molecular flexibility index (Phi) is 5.17. The molecule has 17 heavy (non-hydrogen) atoms. The Hall–Kier alpha value is -0.380. The molecular weight excluding hydrogens is 230 g/mol. The number of nitrogens with one attached hydrogen (secondary N) is 1. The first kappa shape index (κ1) is 14.7. The Balaban J connectivity index is 3.02. The average molecular weight is 255 g/mol. The number of hydrogen-bond acceptors (Lipinski definition) is 3. The number of likely N-dealkylation sites (N-methyl/N-ethyl adjacent to an activating group) is 1. The molecule has 1 heterocycles. The maximum Gasteiger partial charge on any atom is 0.0817 e. The molecule has 3 heteroatoms. The zero-order valence-corrected chi connectivity index (χ0v) is 12.6. The predicted molar refractivity (Wildman–Crippen MR) is 75.7 cm³/mol. The number of rotatable bonds is 5. The van der Waals surface area contributed by atoms with Gasteiger partial charge in [-0.05, 0) is 43.3 Å². The summed E-state index contributed by atoms with van der Waals surface area (Å²) in [6.07, 6.45) is 0.186. The maximum absolute atomic E-state index is 5.98. The van der Waals surface area contributed by atoms with Crippen LogP contribution in [-0.2, 0) is 4.74 Å². The Labute approximate surface area is 109 Å². The van der Waals surface area contributed by atoms with Crippen molar-refractivity contribution < 1.29 is 4.74 Å². The van der Waals surface area contributed by atoms with Crippen molar-refractivity contribution in [1.29, 1.82) is 0 Å². The van der Waals surface area contributed by atoms with Gasteiger partial charge in [0.1, 0.15) is 0 Å². The van der Waals surface area contributed by atoms with Crippen LogP contribution in [0.25, 0.3) is 0 Å². The molecule has 98 valence electrons. The third-order valence-electron chi connectivity index (χ3n) is 3.05. The minimum atomic E-state index is 0.123. The van der Waals surface area contributed by atoms with Crippen molar-refractivity contribution in [2.45, 2.75) is 46.8 Å². The molecule has 0 saturated carbocycles. The summed E-state index contributed by atoms with van der Waals surface area (Å²) in [4.78, 5) is 1.37. The van der Waals surface area contributed by atoms with E-state index in [1.165, 1.54) is 10.4 Å². The van der Waals surface area contributed by atoms with E-state index < -0.39 is 0 Å². The van der Waals surface area contributed by atoms with Crippen LogP contribution in [-0.4, -0.2) is 19.8 Å². The van der Waals surface area contributed by atoms with Crippen LogP contribution in [0.15, 0.2) is 11.4 Å². The van der Waals surface area contributed by atoms with Gasteiger partial charge in [-0.2, -0.15) is 0 Å². The lowest BCUT2D eigenvalue weighted by molar-refractivity contribution is -0.0351. The lowest BCUT2D eigenvalue weighted by Gasteiger charge is -2.37. The molecule has 0 radical (unpaired) electrons. The highest BCUT2D eigenvalue weighted by Crippen LogP contribution is 2.35. The van der Waals surface area contributed by atoms with E-state index in [9.17, 15) is 0 Å². The molecule has 1 rings (SSSR count). The molecule has 0 aromatic carbocycles. The smallest absolute Gasteiger partial charge is 0.0817 e. The quantitative estimate of drug-likeness (QED) is 0.865. The second-order valence-electron chi connectivity index (χ2n) is 5.44. The fourth-order valence-corrected chi connectivity index (χ4v) is 2.96. The summed E-state index contributed by atoms with van der Waals surface area (Å²) in [5, 5.41) is 5.57. The zero-order chi connectivity index (χ0) is 13.1. The van der Waals surface area contributed by atoms with Gasteiger partial charge in [0.2, 0.25) is 0 Å². The molecule has 2 atom stereocenters. The largest absolute Gasteiger partial charge is 0.376 e. The Bertz CT molecular complexity index is 340. The molecule has 0 amide bonds. The van der Waals surface area contributed by atoms with Crippen LogP contribution < -0.4 is 5.32 Å². The van der Waals surface area contributed by atoms with Crippen molar-refractivity contribution in [2.24, 2.45) is 5.41 Å². The van der Waals surface area contributed by atoms with Gasteiger partial charge >= 0.3 is 0 Å². The SMILES string of the molecule is CCOC(C(NC)c1ccsc1C)C(C)(C)C. The normalized spacial score (nSPS) is 15.9.